The van der Waals surface area contributed by atoms with Gasteiger partial charge in [0.2, 0.25) is 0 Å². The summed E-state index contributed by atoms with van der Waals surface area (Å²) in [7, 11) is 0. The molecule has 9 rings (SSSR count). The molecule has 8 aromatic rings. The van der Waals surface area contributed by atoms with Crippen molar-refractivity contribution in [2.45, 2.75) is 12.3 Å². The number of aromatic nitrogens is 2. The number of para-hydroxylation sites is 3. The van der Waals surface area contributed by atoms with E-state index < -0.39 is 0 Å². The summed E-state index contributed by atoms with van der Waals surface area (Å²) in [6, 6.07) is 54.1. The van der Waals surface area contributed by atoms with Gasteiger partial charge in [-0.25, -0.2) is 0 Å². The second-order valence-corrected chi connectivity index (χ2v) is 12.1. The minimum atomic E-state index is 0.258. The lowest BCUT2D eigenvalue weighted by atomic mass is 9.90. The molecule has 2 aromatic heterocycles. The lowest BCUT2D eigenvalue weighted by Gasteiger charge is -2.15. The summed E-state index contributed by atoms with van der Waals surface area (Å²) in [4.78, 5) is 0. The van der Waals surface area contributed by atoms with E-state index in [1.165, 1.54) is 54.8 Å². The number of nitrogens with zero attached hydrogens (tertiary/aromatic N) is 3. The van der Waals surface area contributed by atoms with Gasteiger partial charge in [-0.3, -0.25) is 0 Å². The summed E-state index contributed by atoms with van der Waals surface area (Å²) in [5.41, 5.74) is 10.3. The number of rotatable bonds is 4. The van der Waals surface area contributed by atoms with E-state index >= 15 is 0 Å². The fourth-order valence-corrected chi connectivity index (χ4v) is 7.31. The van der Waals surface area contributed by atoms with Crippen LogP contribution < -0.4 is 10.6 Å². The van der Waals surface area contributed by atoms with E-state index in [4.69, 9.17) is 0 Å². The predicted octanol–water partition coefficient (Wildman–Crippen LogP) is 9.01. The standard InChI is InChI=1S/C43H29N3/c44-28-29-15-22-41-37(25-29)39-27-33(21-24-43(39)46(41)35-11-5-2-6-12-35)31-18-16-30(17-19-31)32-20-23-42-38(26-32)36-13-7-8-14-40(36)45(42)34-9-3-1-4-10-34/h1-20,22-27,33H,21H2. The highest BCUT2D eigenvalue weighted by Gasteiger charge is 2.18. The highest BCUT2D eigenvalue weighted by Crippen LogP contribution is 2.35. The zero-order valence-corrected chi connectivity index (χ0v) is 25.1. The van der Waals surface area contributed by atoms with Crippen molar-refractivity contribution in [2.75, 3.05) is 0 Å². The Morgan fingerprint density at radius 2 is 1.17 bits per heavy atom. The van der Waals surface area contributed by atoms with Gasteiger partial charge in [-0.05, 0) is 83.8 Å². The summed E-state index contributed by atoms with van der Waals surface area (Å²) in [5.74, 6) is 0.258. The molecule has 1 unspecified atom stereocenters. The predicted molar refractivity (Wildman–Crippen MR) is 190 cm³/mol. The summed E-state index contributed by atoms with van der Waals surface area (Å²) in [5, 5.41) is 15.7. The van der Waals surface area contributed by atoms with E-state index in [-0.39, 0.29) is 5.92 Å². The molecule has 0 radical (unpaired) electrons. The molecule has 0 spiro atoms. The van der Waals surface area contributed by atoms with Crippen molar-refractivity contribution in [2.24, 2.45) is 0 Å². The average Bonchev–Trinajstić information content (AvgIpc) is 3.64. The topological polar surface area (TPSA) is 33.6 Å². The van der Waals surface area contributed by atoms with E-state index in [9.17, 15) is 5.26 Å². The number of benzene rings is 6. The molecule has 2 heterocycles. The van der Waals surface area contributed by atoms with Gasteiger partial charge >= 0.3 is 0 Å². The van der Waals surface area contributed by atoms with E-state index in [0.717, 1.165) is 23.0 Å². The van der Waals surface area contributed by atoms with Gasteiger partial charge in [0.25, 0.3) is 0 Å². The summed E-state index contributed by atoms with van der Waals surface area (Å²) >= 11 is 0. The fourth-order valence-electron chi connectivity index (χ4n) is 7.31. The van der Waals surface area contributed by atoms with Crippen LogP contribution >= 0.6 is 0 Å². The molecule has 46 heavy (non-hydrogen) atoms. The largest absolute Gasteiger partial charge is 0.310 e. The molecule has 3 nitrogen and oxygen atoms in total. The van der Waals surface area contributed by atoms with Gasteiger partial charge in [0.05, 0.1) is 28.2 Å². The number of hydrogen-bond donors (Lipinski definition) is 0. The maximum Gasteiger partial charge on any atom is 0.0991 e. The molecule has 0 saturated carbocycles. The Morgan fingerprint density at radius 3 is 1.93 bits per heavy atom. The monoisotopic (exact) mass is 587 g/mol. The normalized spacial score (nSPS) is 14.1. The van der Waals surface area contributed by atoms with Crippen LogP contribution in [0.25, 0.3) is 67.4 Å². The molecule has 1 atom stereocenters. The zero-order chi connectivity index (χ0) is 30.6. The minimum Gasteiger partial charge on any atom is -0.310 e. The smallest absolute Gasteiger partial charge is 0.0991 e. The van der Waals surface area contributed by atoms with Crippen LogP contribution in [-0.4, -0.2) is 9.13 Å². The summed E-state index contributed by atoms with van der Waals surface area (Å²) in [6.45, 7) is 0. The molecular weight excluding hydrogens is 558 g/mol. The second kappa shape index (κ2) is 10.5. The summed E-state index contributed by atoms with van der Waals surface area (Å²) < 4.78 is 4.68. The Bertz CT molecular complexity index is 2600. The molecule has 0 amide bonds. The molecule has 0 N–H and O–H groups in total. The first-order valence-electron chi connectivity index (χ1n) is 15.8. The first-order chi connectivity index (χ1) is 22.8. The van der Waals surface area contributed by atoms with Gasteiger partial charge in [0.15, 0.2) is 0 Å². The van der Waals surface area contributed by atoms with E-state index in [1.54, 1.807) is 0 Å². The fraction of sp³-hybridized carbons (Fsp3) is 0.0465. The quantitative estimate of drug-likeness (QED) is 0.202. The lowest BCUT2D eigenvalue weighted by molar-refractivity contribution is 0.907. The highest BCUT2D eigenvalue weighted by molar-refractivity contribution is 6.10. The molecule has 6 aromatic carbocycles. The highest BCUT2D eigenvalue weighted by atomic mass is 15.0. The van der Waals surface area contributed by atoms with Crippen molar-refractivity contribution in [3.63, 3.8) is 0 Å². The molecule has 216 valence electrons. The second-order valence-electron chi connectivity index (χ2n) is 12.1. The number of fused-ring (bicyclic) bond motifs is 6. The van der Waals surface area contributed by atoms with E-state index in [2.05, 4.69) is 155 Å². The van der Waals surface area contributed by atoms with Crippen molar-refractivity contribution >= 4 is 44.9 Å². The lowest BCUT2D eigenvalue weighted by Crippen LogP contribution is -2.31. The molecule has 0 fully saturated rings. The molecule has 3 heteroatoms. The van der Waals surface area contributed by atoms with Crippen LogP contribution in [0.2, 0.25) is 0 Å². The van der Waals surface area contributed by atoms with E-state index in [0.29, 0.717) is 5.56 Å². The third-order valence-corrected chi connectivity index (χ3v) is 9.48. The SMILES string of the molecule is N#Cc1ccc2c(c1)c1c(n2-c2ccccc2)=CCC(c2ccc(-c3ccc4c(c3)c3ccccc3n4-c3ccccc3)cc2)C=1. The van der Waals surface area contributed by atoms with Gasteiger partial charge in [-0.15, -0.1) is 0 Å². The molecule has 1 aliphatic rings. The van der Waals surface area contributed by atoms with Crippen molar-refractivity contribution in [1.29, 1.82) is 5.26 Å². The Labute approximate surface area is 266 Å². The van der Waals surface area contributed by atoms with E-state index in [1.807, 2.05) is 18.2 Å². The first kappa shape index (κ1) is 26.3. The Hall–Kier alpha value is -6.11. The van der Waals surface area contributed by atoms with Crippen molar-refractivity contribution in [3.05, 3.63) is 167 Å². The van der Waals surface area contributed by atoms with Gasteiger partial charge < -0.3 is 9.13 Å². The molecule has 1 aliphatic carbocycles. The Balaban J connectivity index is 1.12. The van der Waals surface area contributed by atoms with Crippen LogP contribution in [0.3, 0.4) is 0 Å². The zero-order valence-electron chi connectivity index (χ0n) is 25.1. The van der Waals surface area contributed by atoms with Crippen LogP contribution in [0, 0.1) is 11.3 Å². The van der Waals surface area contributed by atoms with Crippen molar-refractivity contribution < 1.29 is 0 Å². The van der Waals surface area contributed by atoms with Gasteiger partial charge in [0, 0.05) is 44.0 Å². The maximum absolute atomic E-state index is 9.66. The van der Waals surface area contributed by atoms with Gasteiger partial charge in [0.1, 0.15) is 0 Å². The third-order valence-electron chi connectivity index (χ3n) is 9.48. The van der Waals surface area contributed by atoms with Crippen molar-refractivity contribution in [3.8, 4) is 28.6 Å². The first-order valence-corrected chi connectivity index (χ1v) is 15.8. The van der Waals surface area contributed by atoms with Crippen LogP contribution in [0.15, 0.2) is 146 Å². The summed E-state index contributed by atoms with van der Waals surface area (Å²) in [6.07, 6.45) is 5.69. The minimum absolute atomic E-state index is 0.258. The van der Waals surface area contributed by atoms with Crippen LogP contribution in [0.4, 0.5) is 0 Å². The van der Waals surface area contributed by atoms with Crippen LogP contribution in [0.5, 0.6) is 0 Å². The molecular formula is C43H29N3. The third kappa shape index (κ3) is 4.12. The van der Waals surface area contributed by atoms with Crippen molar-refractivity contribution in [1.82, 2.24) is 9.13 Å². The molecule has 0 aliphatic heterocycles. The van der Waals surface area contributed by atoms with Crippen LogP contribution in [0.1, 0.15) is 23.5 Å². The van der Waals surface area contributed by atoms with Gasteiger partial charge in [-0.1, -0.05) is 97.1 Å². The molecule has 0 saturated heterocycles. The van der Waals surface area contributed by atoms with Gasteiger partial charge in [-0.2, -0.15) is 5.26 Å². The van der Waals surface area contributed by atoms with Crippen LogP contribution in [-0.2, 0) is 0 Å². The number of nitriles is 1. The Morgan fingerprint density at radius 1 is 0.543 bits per heavy atom. The number of hydrogen-bond acceptors (Lipinski definition) is 1. The molecule has 0 bridgehead atoms. The average molecular weight is 588 g/mol. The maximum atomic E-state index is 9.66. The Kier molecular flexibility index (Phi) is 6.01.